The molecule has 106 valence electrons. The van der Waals surface area contributed by atoms with E-state index in [0.29, 0.717) is 12.8 Å². The second-order valence-electron chi connectivity index (χ2n) is 5.05. The van der Waals surface area contributed by atoms with Gasteiger partial charge in [-0.25, -0.2) is 0 Å². The summed E-state index contributed by atoms with van der Waals surface area (Å²) >= 11 is 0. The Labute approximate surface area is 121 Å². The Morgan fingerprint density at radius 2 is 1.86 bits per heavy atom. The Morgan fingerprint density at radius 1 is 1.19 bits per heavy atom. The predicted octanol–water partition coefficient (Wildman–Crippen LogP) is 3.51. The third kappa shape index (κ3) is 2.38. The summed E-state index contributed by atoms with van der Waals surface area (Å²) in [6.07, 6.45) is 1.09. The maximum Gasteiger partial charge on any atom is 0.269 e. The van der Waals surface area contributed by atoms with Gasteiger partial charge in [0.2, 0.25) is 5.91 Å². The molecule has 1 aliphatic carbocycles. The molecule has 0 unspecified atom stereocenters. The van der Waals surface area contributed by atoms with Gasteiger partial charge in [-0.2, -0.15) is 0 Å². The van der Waals surface area contributed by atoms with Crippen LogP contribution in [-0.2, 0) is 11.2 Å². The second-order valence-corrected chi connectivity index (χ2v) is 5.05. The van der Waals surface area contributed by atoms with Crippen molar-refractivity contribution in [1.82, 2.24) is 0 Å². The maximum absolute atomic E-state index is 11.4. The van der Waals surface area contributed by atoms with Crippen molar-refractivity contribution in [2.24, 2.45) is 0 Å². The molecule has 5 nitrogen and oxygen atoms in total. The fraction of sp³-hybridized carbons (Fsp3) is 0.188. The number of nitrogens with one attached hydrogen (secondary N) is 1. The van der Waals surface area contributed by atoms with Crippen molar-refractivity contribution in [1.29, 1.82) is 0 Å². The van der Waals surface area contributed by atoms with Crippen molar-refractivity contribution < 1.29 is 9.72 Å². The molecular formula is C16H14N2O3. The summed E-state index contributed by atoms with van der Waals surface area (Å²) in [4.78, 5) is 21.9. The lowest BCUT2D eigenvalue weighted by atomic mass is 10.1. The summed E-state index contributed by atoms with van der Waals surface area (Å²) in [5, 5.41) is 13.7. The van der Waals surface area contributed by atoms with Crippen LogP contribution in [0.4, 0.5) is 11.4 Å². The number of amides is 1. The van der Waals surface area contributed by atoms with Crippen LogP contribution in [0.15, 0.2) is 36.4 Å². The van der Waals surface area contributed by atoms with Gasteiger partial charge >= 0.3 is 0 Å². The van der Waals surface area contributed by atoms with E-state index >= 15 is 0 Å². The van der Waals surface area contributed by atoms with Gasteiger partial charge in [0.05, 0.1) is 4.92 Å². The summed E-state index contributed by atoms with van der Waals surface area (Å²) in [5.74, 6) is -0.0268. The quantitative estimate of drug-likeness (QED) is 0.590. The molecule has 5 heteroatoms. The highest BCUT2D eigenvalue weighted by atomic mass is 16.6. The number of fused-ring (bicyclic) bond motifs is 3. The zero-order valence-electron chi connectivity index (χ0n) is 11.6. The average molecular weight is 282 g/mol. The molecule has 0 aliphatic heterocycles. The lowest BCUT2D eigenvalue weighted by Crippen LogP contribution is -2.09. The van der Waals surface area contributed by atoms with Crippen molar-refractivity contribution in [3.8, 4) is 11.1 Å². The highest BCUT2D eigenvalue weighted by molar-refractivity contribution is 5.91. The first kappa shape index (κ1) is 13.3. The van der Waals surface area contributed by atoms with Crippen LogP contribution < -0.4 is 5.32 Å². The number of nitro groups is 1. The highest BCUT2D eigenvalue weighted by Crippen LogP contribution is 2.39. The Hall–Kier alpha value is -2.69. The average Bonchev–Trinajstić information content (AvgIpc) is 2.83. The fourth-order valence-corrected chi connectivity index (χ4v) is 2.64. The Morgan fingerprint density at radius 3 is 2.52 bits per heavy atom. The molecule has 0 aromatic heterocycles. The van der Waals surface area contributed by atoms with Gasteiger partial charge in [-0.15, -0.1) is 0 Å². The van der Waals surface area contributed by atoms with Gasteiger partial charge in [0.25, 0.3) is 5.69 Å². The van der Waals surface area contributed by atoms with E-state index in [9.17, 15) is 14.9 Å². The van der Waals surface area contributed by atoms with Crippen molar-refractivity contribution in [3.05, 3.63) is 57.6 Å². The molecule has 1 aliphatic rings. The Balaban J connectivity index is 1.95. The molecule has 0 radical (unpaired) electrons. The number of non-ortho nitro benzene ring substituents is 1. The second kappa shape index (κ2) is 5.01. The normalized spacial score (nSPS) is 11.7. The zero-order chi connectivity index (χ0) is 15.0. The zero-order valence-corrected chi connectivity index (χ0v) is 11.6. The van der Waals surface area contributed by atoms with Crippen molar-refractivity contribution in [3.63, 3.8) is 0 Å². The van der Waals surface area contributed by atoms with E-state index in [1.165, 1.54) is 6.07 Å². The minimum atomic E-state index is -0.379. The van der Waals surface area contributed by atoms with Crippen molar-refractivity contribution >= 4 is 17.3 Å². The lowest BCUT2D eigenvalue weighted by Gasteiger charge is -2.06. The van der Waals surface area contributed by atoms with Crippen molar-refractivity contribution in [2.45, 2.75) is 19.8 Å². The molecule has 0 saturated carbocycles. The van der Waals surface area contributed by atoms with Crippen LogP contribution in [0.1, 0.15) is 24.5 Å². The molecule has 0 spiro atoms. The van der Waals surface area contributed by atoms with Gasteiger partial charge in [0.15, 0.2) is 0 Å². The smallest absolute Gasteiger partial charge is 0.269 e. The maximum atomic E-state index is 11.4. The van der Waals surface area contributed by atoms with Crippen molar-refractivity contribution in [2.75, 3.05) is 5.32 Å². The number of nitro benzene ring substituents is 1. The number of carbonyl (C=O) groups excluding carboxylic acids is 1. The number of nitrogens with zero attached hydrogens (tertiary/aromatic N) is 1. The van der Waals surface area contributed by atoms with E-state index in [4.69, 9.17) is 0 Å². The molecule has 1 N–H and O–H groups in total. The fourth-order valence-electron chi connectivity index (χ4n) is 2.64. The van der Waals surface area contributed by atoms with E-state index in [2.05, 4.69) is 5.32 Å². The number of rotatable bonds is 3. The standard InChI is InChI=1S/C16H14N2O3/c1-2-16(19)17-12-3-5-14-10(8-12)7-11-9-13(18(20)21)4-6-15(11)14/h3-6,8-9H,2,7H2,1H3,(H,17,19). The monoisotopic (exact) mass is 282 g/mol. The summed E-state index contributed by atoms with van der Waals surface area (Å²) in [6.45, 7) is 1.80. The van der Waals surface area contributed by atoms with Gasteiger partial charge in [0.1, 0.15) is 0 Å². The van der Waals surface area contributed by atoms with E-state index in [-0.39, 0.29) is 16.5 Å². The molecular weight excluding hydrogens is 268 g/mol. The van der Waals surface area contributed by atoms with Crippen LogP contribution in [0, 0.1) is 10.1 Å². The largest absolute Gasteiger partial charge is 0.326 e. The number of benzene rings is 2. The molecule has 0 bridgehead atoms. The molecule has 1 amide bonds. The first-order chi connectivity index (χ1) is 10.1. The van der Waals surface area contributed by atoms with E-state index in [1.807, 2.05) is 18.2 Å². The predicted molar refractivity (Wildman–Crippen MR) is 80.3 cm³/mol. The third-order valence-corrected chi connectivity index (χ3v) is 3.68. The summed E-state index contributed by atoms with van der Waals surface area (Å²) < 4.78 is 0. The first-order valence-corrected chi connectivity index (χ1v) is 6.79. The molecule has 0 saturated heterocycles. The van der Waals surface area contributed by atoms with Crippen LogP contribution >= 0.6 is 0 Å². The molecule has 0 fully saturated rings. The van der Waals surface area contributed by atoms with Gasteiger partial charge in [-0.3, -0.25) is 14.9 Å². The summed E-state index contributed by atoms with van der Waals surface area (Å²) in [5.41, 5.74) is 5.03. The number of carbonyl (C=O) groups is 1. The topological polar surface area (TPSA) is 72.2 Å². The lowest BCUT2D eigenvalue weighted by molar-refractivity contribution is -0.384. The minimum absolute atomic E-state index is 0.0268. The van der Waals surface area contributed by atoms with Crippen LogP contribution in [-0.4, -0.2) is 10.8 Å². The molecule has 0 heterocycles. The third-order valence-electron chi connectivity index (χ3n) is 3.68. The van der Waals surface area contributed by atoms with Crippen LogP contribution in [0.25, 0.3) is 11.1 Å². The van der Waals surface area contributed by atoms with Gasteiger partial charge < -0.3 is 5.32 Å². The first-order valence-electron chi connectivity index (χ1n) is 6.79. The van der Waals surface area contributed by atoms with Gasteiger partial charge in [-0.05, 0) is 46.9 Å². The minimum Gasteiger partial charge on any atom is -0.326 e. The Kier molecular flexibility index (Phi) is 3.17. The van der Waals surface area contributed by atoms with Crippen LogP contribution in [0.3, 0.4) is 0 Å². The van der Waals surface area contributed by atoms with Crippen LogP contribution in [0.5, 0.6) is 0 Å². The van der Waals surface area contributed by atoms with Gasteiger partial charge in [-0.1, -0.05) is 13.0 Å². The Bertz CT molecular complexity index is 753. The molecule has 2 aromatic rings. The van der Waals surface area contributed by atoms with E-state index in [0.717, 1.165) is 27.9 Å². The van der Waals surface area contributed by atoms with Crippen LogP contribution in [0.2, 0.25) is 0 Å². The molecule has 3 rings (SSSR count). The molecule has 21 heavy (non-hydrogen) atoms. The van der Waals surface area contributed by atoms with E-state index < -0.39 is 0 Å². The SMILES string of the molecule is CCC(=O)Nc1ccc2c(c1)Cc1cc([N+](=O)[O-])ccc1-2. The number of anilines is 1. The summed E-state index contributed by atoms with van der Waals surface area (Å²) in [7, 11) is 0. The number of hydrogen-bond donors (Lipinski definition) is 1. The molecule has 2 aromatic carbocycles. The molecule has 0 atom stereocenters. The van der Waals surface area contributed by atoms with Gasteiger partial charge in [0, 0.05) is 24.2 Å². The van der Waals surface area contributed by atoms with E-state index in [1.54, 1.807) is 19.1 Å². The highest BCUT2D eigenvalue weighted by Gasteiger charge is 2.21. The summed E-state index contributed by atoms with van der Waals surface area (Å²) in [6, 6.07) is 10.7. The number of hydrogen-bond acceptors (Lipinski definition) is 3.